The second-order valence-corrected chi connectivity index (χ2v) is 8.18. The number of rotatable bonds is 8. The Hall–Kier alpha value is -0.850. The molecule has 2 saturated heterocycles. The maximum Gasteiger partial charge on any atom is 0.193 e. The van der Waals surface area contributed by atoms with Gasteiger partial charge in [-0.1, -0.05) is 12.8 Å². The average Bonchev–Trinajstić information content (AvgIpc) is 3.24. The van der Waals surface area contributed by atoms with Gasteiger partial charge in [-0.3, -0.25) is 4.99 Å². The van der Waals surface area contributed by atoms with Crippen molar-refractivity contribution in [1.82, 2.24) is 10.2 Å². The molecule has 1 aliphatic carbocycles. The van der Waals surface area contributed by atoms with E-state index in [1.165, 1.54) is 25.7 Å². The van der Waals surface area contributed by atoms with Crippen LogP contribution in [0.25, 0.3) is 0 Å². The first-order chi connectivity index (χ1) is 13.3. The minimum atomic E-state index is 0.390. The number of hydrogen-bond donors (Lipinski definition) is 1. The Bertz CT molecular complexity index is 426. The van der Waals surface area contributed by atoms with Gasteiger partial charge in [-0.2, -0.15) is 0 Å². The number of ether oxygens (including phenoxy) is 3. The normalized spacial score (nSPS) is 23.9. The van der Waals surface area contributed by atoms with Crippen LogP contribution in [-0.2, 0) is 14.2 Å². The summed E-state index contributed by atoms with van der Waals surface area (Å²) in [4.78, 5) is 6.84. The van der Waals surface area contributed by atoms with Crippen LogP contribution in [0.3, 0.4) is 0 Å². The third-order valence-electron chi connectivity index (χ3n) is 6.12. The summed E-state index contributed by atoms with van der Waals surface area (Å²) in [6.07, 6.45) is 11.7. The number of likely N-dealkylation sites (tertiary alicyclic amines) is 1. The highest BCUT2D eigenvalue weighted by Gasteiger charge is 2.23. The Balaban J connectivity index is 1.24. The van der Waals surface area contributed by atoms with E-state index in [9.17, 15) is 0 Å². The molecule has 0 bridgehead atoms. The number of nitrogens with one attached hydrogen (secondary N) is 1. The Morgan fingerprint density at radius 2 is 1.70 bits per heavy atom. The lowest BCUT2D eigenvalue weighted by atomic mass is 10.1. The monoisotopic (exact) mass is 381 g/mol. The van der Waals surface area contributed by atoms with E-state index in [0.29, 0.717) is 12.2 Å². The molecular formula is C21H39N3O3. The molecule has 0 amide bonds. The van der Waals surface area contributed by atoms with E-state index in [4.69, 9.17) is 14.2 Å². The van der Waals surface area contributed by atoms with Crippen molar-refractivity contribution in [3.05, 3.63) is 0 Å². The van der Waals surface area contributed by atoms with Crippen LogP contribution in [0.4, 0.5) is 0 Å². The summed E-state index contributed by atoms with van der Waals surface area (Å²) in [5, 5.41) is 3.50. The summed E-state index contributed by atoms with van der Waals surface area (Å²) >= 11 is 0. The van der Waals surface area contributed by atoms with E-state index in [0.717, 1.165) is 90.0 Å². The molecule has 0 aromatic carbocycles. The minimum Gasteiger partial charge on any atom is -0.381 e. The van der Waals surface area contributed by atoms with Crippen LogP contribution in [0.2, 0.25) is 0 Å². The smallest absolute Gasteiger partial charge is 0.193 e. The molecule has 27 heavy (non-hydrogen) atoms. The van der Waals surface area contributed by atoms with Crippen molar-refractivity contribution < 1.29 is 14.2 Å². The minimum absolute atomic E-state index is 0.390. The third kappa shape index (κ3) is 7.24. The van der Waals surface area contributed by atoms with Gasteiger partial charge in [0.15, 0.2) is 5.96 Å². The van der Waals surface area contributed by atoms with E-state index in [1.807, 2.05) is 7.05 Å². The van der Waals surface area contributed by atoms with Crippen LogP contribution in [0, 0.1) is 5.92 Å². The van der Waals surface area contributed by atoms with Crippen molar-refractivity contribution >= 4 is 5.96 Å². The number of hydrogen-bond acceptors (Lipinski definition) is 4. The second kappa shape index (κ2) is 11.9. The number of aliphatic imine (C=N–C) groups is 1. The predicted octanol–water partition coefficient (Wildman–Crippen LogP) is 2.82. The van der Waals surface area contributed by atoms with E-state index < -0.39 is 0 Å². The average molecular weight is 382 g/mol. The van der Waals surface area contributed by atoms with Crippen LogP contribution < -0.4 is 5.32 Å². The van der Waals surface area contributed by atoms with E-state index >= 15 is 0 Å². The standard InChI is InChI=1S/C21H39N3O3/c1-22-21(23-11-4-14-26-20-9-15-25-16-10-20)24-12-7-19(8-13-24)27-17-18-5-2-3-6-18/h18-20H,2-17H2,1H3,(H,22,23). The fourth-order valence-electron chi connectivity index (χ4n) is 4.38. The molecule has 2 aliphatic heterocycles. The second-order valence-electron chi connectivity index (χ2n) is 8.18. The first kappa shape index (κ1) is 20.9. The Morgan fingerprint density at radius 3 is 2.41 bits per heavy atom. The van der Waals surface area contributed by atoms with Crippen LogP contribution in [-0.4, -0.2) is 76.2 Å². The summed E-state index contributed by atoms with van der Waals surface area (Å²) in [5.74, 6) is 1.84. The van der Waals surface area contributed by atoms with E-state index in [1.54, 1.807) is 0 Å². The largest absolute Gasteiger partial charge is 0.381 e. The summed E-state index contributed by atoms with van der Waals surface area (Å²) in [6, 6.07) is 0. The Morgan fingerprint density at radius 1 is 1.00 bits per heavy atom. The number of guanidine groups is 1. The topological polar surface area (TPSA) is 55.3 Å². The first-order valence-electron chi connectivity index (χ1n) is 11.1. The number of piperidine rings is 1. The van der Waals surface area contributed by atoms with Gasteiger partial charge < -0.3 is 24.4 Å². The van der Waals surface area contributed by atoms with Gasteiger partial charge in [-0.25, -0.2) is 0 Å². The highest BCUT2D eigenvalue weighted by molar-refractivity contribution is 5.79. The fourth-order valence-corrected chi connectivity index (χ4v) is 4.38. The molecule has 2 heterocycles. The van der Waals surface area contributed by atoms with E-state index in [-0.39, 0.29) is 0 Å². The zero-order valence-corrected chi connectivity index (χ0v) is 17.2. The lowest BCUT2D eigenvalue weighted by Crippen LogP contribution is -2.47. The highest BCUT2D eigenvalue weighted by Crippen LogP contribution is 2.26. The number of nitrogens with zero attached hydrogens (tertiary/aromatic N) is 2. The summed E-state index contributed by atoms with van der Waals surface area (Å²) < 4.78 is 17.5. The van der Waals surface area contributed by atoms with Gasteiger partial charge >= 0.3 is 0 Å². The Kier molecular flexibility index (Phi) is 9.18. The van der Waals surface area contributed by atoms with Gasteiger partial charge in [-0.15, -0.1) is 0 Å². The van der Waals surface area contributed by atoms with Crippen molar-refractivity contribution in [3.8, 4) is 0 Å². The van der Waals surface area contributed by atoms with Gasteiger partial charge in [0.25, 0.3) is 0 Å². The molecule has 3 aliphatic rings. The summed E-state index contributed by atoms with van der Waals surface area (Å²) in [6.45, 7) is 6.46. The molecule has 0 unspecified atom stereocenters. The molecule has 1 N–H and O–H groups in total. The molecule has 0 atom stereocenters. The van der Waals surface area contributed by atoms with Crippen LogP contribution in [0.1, 0.15) is 57.8 Å². The van der Waals surface area contributed by atoms with Crippen molar-refractivity contribution in [2.24, 2.45) is 10.9 Å². The lowest BCUT2D eigenvalue weighted by molar-refractivity contribution is -0.0320. The summed E-state index contributed by atoms with van der Waals surface area (Å²) in [5.41, 5.74) is 0. The molecule has 156 valence electrons. The molecule has 0 radical (unpaired) electrons. The maximum absolute atomic E-state index is 6.19. The highest BCUT2D eigenvalue weighted by atomic mass is 16.5. The van der Waals surface area contributed by atoms with Gasteiger partial charge in [-0.05, 0) is 50.9 Å². The fraction of sp³-hybridized carbons (Fsp3) is 0.952. The van der Waals surface area contributed by atoms with Crippen LogP contribution >= 0.6 is 0 Å². The molecule has 3 rings (SSSR count). The molecule has 1 saturated carbocycles. The quantitative estimate of drug-likeness (QED) is 0.398. The van der Waals surface area contributed by atoms with E-state index in [2.05, 4.69) is 15.2 Å². The molecule has 3 fully saturated rings. The molecule has 0 spiro atoms. The lowest BCUT2D eigenvalue weighted by Gasteiger charge is -2.34. The third-order valence-corrected chi connectivity index (χ3v) is 6.12. The SMILES string of the molecule is CN=C(NCCCOC1CCOCC1)N1CCC(OCC2CCCC2)CC1. The molecule has 6 nitrogen and oxygen atoms in total. The predicted molar refractivity (Wildman–Crippen MR) is 108 cm³/mol. The van der Waals surface area contributed by atoms with Crippen LogP contribution in [0.5, 0.6) is 0 Å². The van der Waals surface area contributed by atoms with Gasteiger partial charge in [0, 0.05) is 53.1 Å². The van der Waals surface area contributed by atoms with Gasteiger partial charge in [0.2, 0.25) is 0 Å². The van der Waals surface area contributed by atoms with Crippen molar-refractivity contribution in [2.75, 3.05) is 53.1 Å². The van der Waals surface area contributed by atoms with Crippen molar-refractivity contribution in [3.63, 3.8) is 0 Å². The van der Waals surface area contributed by atoms with Crippen molar-refractivity contribution in [2.45, 2.75) is 70.0 Å². The molecule has 0 aromatic rings. The van der Waals surface area contributed by atoms with Crippen LogP contribution in [0.15, 0.2) is 4.99 Å². The first-order valence-corrected chi connectivity index (χ1v) is 11.1. The Labute approximate surface area is 165 Å². The summed E-state index contributed by atoms with van der Waals surface area (Å²) in [7, 11) is 1.88. The van der Waals surface area contributed by atoms with Gasteiger partial charge in [0.1, 0.15) is 0 Å². The maximum atomic E-state index is 6.19. The molecule has 6 heteroatoms. The zero-order chi connectivity index (χ0) is 18.7. The molecule has 0 aromatic heterocycles. The van der Waals surface area contributed by atoms with Gasteiger partial charge in [0.05, 0.1) is 12.2 Å². The van der Waals surface area contributed by atoms with Crippen molar-refractivity contribution in [1.29, 1.82) is 0 Å². The molecular weight excluding hydrogens is 342 g/mol. The zero-order valence-electron chi connectivity index (χ0n) is 17.2.